The first kappa shape index (κ1) is 18.7. The number of ether oxygens (including phenoxy) is 2. The van der Waals surface area contributed by atoms with Crippen LogP contribution >= 0.6 is 23.2 Å². The number of benzene rings is 1. The smallest absolute Gasteiger partial charge is 0.191 e. The fraction of sp³-hybridized carbons (Fsp3) is 0.389. The van der Waals surface area contributed by atoms with Gasteiger partial charge in [-0.15, -0.1) is 0 Å². The predicted molar refractivity (Wildman–Crippen MR) is 105 cm³/mol. The number of guanidine groups is 1. The van der Waals surface area contributed by atoms with Gasteiger partial charge in [0, 0.05) is 32.8 Å². The molecule has 140 valence electrons. The van der Waals surface area contributed by atoms with E-state index < -0.39 is 0 Å². The molecule has 1 aromatic heterocycles. The van der Waals surface area contributed by atoms with Crippen molar-refractivity contribution in [2.75, 3.05) is 20.3 Å². The summed E-state index contributed by atoms with van der Waals surface area (Å²) in [4.78, 5) is 4.24. The van der Waals surface area contributed by atoms with Crippen LogP contribution in [0.15, 0.2) is 29.3 Å². The van der Waals surface area contributed by atoms with Gasteiger partial charge in [0.25, 0.3) is 0 Å². The summed E-state index contributed by atoms with van der Waals surface area (Å²) < 4.78 is 13.2. The SMILES string of the molecule is CN=C(NCc1ccc2c(c1)OCCCO2)NCc1cc(Cl)c(Cl)n1C. The highest BCUT2D eigenvalue weighted by Crippen LogP contribution is 2.30. The van der Waals surface area contributed by atoms with Crippen LogP contribution in [0.4, 0.5) is 0 Å². The van der Waals surface area contributed by atoms with E-state index in [4.69, 9.17) is 32.7 Å². The van der Waals surface area contributed by atoms with Gasteiger partial charge in [-0.3, -0.25) is 4.99 Å². The average molecular weight is 397 g/mol. The van der Waals surface area contributed by atoms with E-state index in [1.54, 1.807) is 7.05 Å². The number of fused-ring (bicyclic) bond motifs is 1. The monoisotopic (exact) mass is 396 g/mol. The molecule has 0 bridgehead atoms. The summed E-state index contributed by atoms with van der Waals surface area (Å²) >= 11 is 12.1. The Morgan fingerprint density at radius 3 is 2.54 bits per heavy atom. The standard InChI is InChI=1S/C18H22Cl2N4O2/c1-21-18(23-11-13-9-14(19)17(20)24(13)2)22-10-12-4-5-15-16(8-12)26-7-3-6-25-15/h4-5,8-9H,3,6-7,10-11H2,1-2H3,(H2,21,22,23). The molecule has 0 unspecified atom stereocenters. The molecule has 0 saturated heterocycles. The zero-order valence-electron chi connectivity index (χ0n) is 14.8. The Hall–Kier alpha value is -2.05. The Balaban J connectivity index is 1.57. The highest BCUT2D eigenvalue weighted by molar-refractivity contribution is 6.41. The van der Waals surface area contributed by atoms with Gasteiger partial charge in [0.1, 0.15) is 5.15 Å². The van der Waals surface area contributed by atoms with Crippen molar-refractivity contribution in [3.8, 4) is 11.5 Å². The molecule has 0 atom stereocenters. The normalized spacial score (nSPS) is 14.1. The van der Waals surface area contributed by atoms with E-state index in [0.29, 0.717) is 42.4 Å². The summed E-state index contributed by atoms with van der Waals surface area (Å²) in [7, 11) is 3.60. The van der Waals surface area contributed by atoms with Crippen LogP contribution in [-0.4, -0.2) is 30.8 Å². The number of nitrogens with zero attached hydrogens (tertiary/aromatic N) is 2. The minimum Gasteiger partial charge on any atom is -0.490 e. The first-order valence-electron chi connectivity index (χ1n) is 8.41. The number of rotatable bonds is 4. The van der Waals surface area contributed by atoms with Crippen LogP contribution in [0.1, 0.15) is 17.7 Å². The third kappa shape index (κ3) is 4.37. The molecular formula is C18H22Cl2N4O2. The summed E-state index contributed by atoms with van der Waals surface area (Å²) in [5.41, 5.74) is 2.06. The van der Waals surface area contributed by atoms with Crippen LogP contribution in [-0.2, 0) is 20.1 Å². The maximum atomic E-state index is 6.09. The number of nitrogens with one attached hydrogen (secondary N) is 2. The minimum atomic E-state index is 0.526. The molecule has 2 heterocycles. The number of aliphatic imine (C=N–C) groups is 1. The molecule has 0 fully saturated rings. The van der Waals surface area contributed by atoms with Crippen molar-refractivity contribution in [3.05, 3.63) is 45.7 Å². The van der Waals surface area contributed by atoms with E-state index >= 15 is 0 Å². The second kappa shape index (κ2) is 8.56. The molecule has 1 aliphatic heterocycles. The quantitative estimate of drug-likeness (QED) is 0.614. The van der Waals surface area contributed by atoms with Gasteiger partial charge in [-0.25, -0.2) is 0 Å². The van der Waals surface area contributed by atoms with Crippen molar-refractivity contribution in [2.24, 2.45) is 12.0 Å². The Labute approximate surface area is 163 Å². The lowest BCUT2D eigenvalue weighted by molar-refractivity contribution is 0.297. The fourth-order valence-electron chi connectivity index (χ4n) is 2.66. The van der Waals surface area contributed by atoms with Crippen molar-refractivity contribution in [2.45, 2.75) is 19.5 Å². The van der Waals surface area contributed by atoms with Gasteiger partial charge in [0.05, 0.1) is 24.8 Å². The Kier molecular flexibility index (Phi) is 6.16. The number of hydrogen-bond acceptors (Lipinski definition) is 3. The number of halogens is 2. The molecule has 0 amide bonds. The first-order chi connectivity index (χ1) is 12.6. The molecule has 0 radical (unpaired) electrons. The van der Waals surface area contributed by atoms with Gasteiger partial charge in [0.15, 0.2) is 17.5 Å². The second-order valence-electron chi connectivity index (χ2n) is 5.94. The fourth-order valence-corrected chi connectivity index (χ4v) is 3.07. The van der Waals surface area contributed by atoms with Gasteiger partial charge in [-0.05, 0) is 23.8 Å². The van der Waals surface area contributed by atoms with Gasteiger partial charge in [0.2, 0.25) is 0 Å². The molecular weight excluding hydrogens is 375 g/mol. The van der Waals surface area contributed by atoms with Crippen LogP contribution < -0.4 is 20.1 Å². The van der Waals surface area contributed by atoms with Crippen LogP contribution in [0.3, 0.4) is 0 Å². The van der Waals surface area contributed by atoms with E-state index in [-0.39, 0.29) is 0 Å². The minimum absolute atomic E-state index is 0.526. The molecule has 6 nitrogen and oxygen atoms in total. The zero-order chi connectivity index (χ0) is 18.5. The van der Waals surface area contributed by atoms with Crippen molar-refractivity contribution >= 4 is 29.2 Å². The number of aromatic nitrogens is 1. The van der Waals surface area contributed by atoms with Crippen LogP contribution in [0.5, 0.6) is 11.5 Å². The maximum Gasteiger partial charge on any atom is 0.191 e. The average Bonchev–Trinajstić information content (AvgIpc) is 2.83. The highest BCUT2D eigenvalue weighted by Gasteiger charge is 2.12. The molecule has 26 heavy (non-hydrogen) atoms. The largest absolute Gasteiger partial charge is 0.490 e. The van der Waals surface area contributed by atoms with E-state index in [1.165, 1.54) is 0 Å². The molecule has 0 spiro atoms. The highest BCUT2D eigenvalue weighted by atomic mass is 35.5. The van der Waals surface area contributed by atoms with Gasteiger partial charge in [-0.1, -0.05) is 29.3 Å². The van der Waals surface area contributed by atoms with Gasteiger partial charge >= 0.3 is 0 Å². The second-order valence-corrected chi connectivity index (χ2v) is 6.71. The van der Waals surface area contributed by atoms with Crippen molar-refractivity contribution < 1.29 is 9.47 Å². The van der Waals surface area contributed by atoms with Crippen LogP contribution in [0.25, 0.3) is 0 Å². The molecule has 1 aliphatic rings. The summed E-state index contributed by atoms with van der Waals surface area (Å²) in [6.45, 7) is 2.54. The summed E-state index contributed by atoms with van der Waals surface area (Å²) in [5, 5.41) is 7.61. The topological polar surface area (TPSA) is 59.8 Å². The van der Waals surface area contributed by atoms with E-state index in [2.05, 4.69) is 15.6 Å². The Morgan fingerprint density at radius 2 is 1.85 bits per heavy atom. The first-order valence-corrected chi connectivity index (χ1v) is 9.16. The summed E-state index contributed by atoms with van der Waals surface area (Å²) in [5.74, 6) is 2.27. The van der Waals surface area contributed by atoms with Crippen molar-refractivity contribution in [1.82, 2.24) is 15.2 Å². The molecule has 8 heteroatoms. The molecule has 3 rings (SSSR count). The van der Waals surface area contributed by atoms with Crippen molar-refractivity contribution in [1.29, 1.82) is 0 Å². The summed E-state index contributed by atoms with van der Waals surface area (Å²) in [6, 6.07) is 7.80. The van der Waals surface area contributed by atoms with Crippen LogP contribution in [0, 0.1) is 0 Å². The Morgan fingerprint density at radius 1 is 1.12 bits per heavy atom. The molecule has 2 N–H and O–H groups in total. The molecule has 0 saturated carbocycles. The lowest BCUT2D eigenvalue weighted by atomic mass is 10.2. The zero-order valence-corrected chi connectivity index (χ0v) is 16.3. The van der Waals surface area contributed by atoms with Crippen molar-refractivity contribution in [3.63, 3.8) is 0 Å². The summed E-state index contributed by atoms with van der Waals surface area (Å²) in [6.07, 6.45) is 0.895. The van der Waals surface area contributed by atoms with Gasteiger partial charge in [-0.2, -0.15) is 0 Å². The lowest BCUT2D eigenvalue weighted by Crippen LogP contribution is -2.36. The molecule has 2 aromatic rings. The van der Waals surface area contributed by atoms with E-state index in [1.807, 2.05) is 35.9 Å². The third-order valence-electron chi connectivity index (χ3n) is 4.15. The van der Waals surface area contributed by atoms with E-state index in [0.717, 1.165) is 29.2 Å². The van der Waals surface area contributed by atoms with Crippen LogP contribution in [0.2, 0.25) is 10.2 Å². The third-order valence-corrected chi connectivity index (χ3v) is 4.99. The molecule has 1 aromatic carbocycles. The predicted octanol–water partition coefficient (Wildman–Crippen LogP) is 3.36. The number of hydrogen-bond donors (Lipinski definition) is 2. The Bertz CT molecular complexity index is 805. The van der Waals surface area contributed by atoms with E-state index in [9.17, 15) is 0 Å². The molecule has 0 aliphatic carbocycles. The lowest BCUT2D eigenvalue weighted by Gasteiger charge is -2.14. The maximum absolute atomic E-state index is 6.09. The van der Waals surface area contributed by atoms with Gasteiger partial charge < -0.3 is 24.7 Å².